The van der Waals surface area contributed by atoms with Crippen molar-refractivity contribution in [3.05, 3.63) is 45.3 Å². The molecule has 0 aliphatic heterocycles. The highest BCUT2D eigenvalue weighted by molar-refractivity contribution is 6.30. The summed E-state index contributed by atoms with van der Waals surface area (Å²) in [7, 11) is 0. The third-order valence-electron chi connectivity index (χ3n) is 4.65. The predicted molar refractivity (Wildman–Crippen MR) is 92.1 cm³/mol. The Bertz CT molecular complexity index is 592. The molecular formula is C17H22ClN3O3. The molecule has 0 heterocycles. The van der Waals surface area contributed by atoms with Crippen LogP contribution in [0.2, 0.25) is 5.02 Å². The van der Waals surface area contributed by atoms with Crippen LogP contribution in [-0.2, 0) is 9.53 Å². The standard InChI is InChI=1S/C17H22ClN3O3/c1-2-24-14-9-5-12(6-10-14)15(16(17(22)23)20-21-19)11-3-7-13(18)8-4-11/h3-4,7-8,12,14-16H,2,5-6,9-10H2,1H3,(H,22,23)/t12-,14-,15-,16?/m0/s1. The first kappa shape index (κ1) is 18.6. The van der Waals surface area contributed by atoms with Gasteiger partial charge in [-0.3, -0.25) is 4.79 Å². The van der Waals surface area contributed by atoms with Gasteiger partial charge in [-0.1, -0.05) is 28.8 Å². The molecular weight excluding hydrogens is 330 g/mol. The number of halogens is 1. The van der Waals surface area contributed by atoms with Crippen LogP contribution in [0.5, 0.6) is 0 Å². The SMILES string of the molecule is CCO[C@H]1CC[C@H]([C@H](c2ccc(Cl)cc2)C(N=[N+]=[N-])C(=O)O)CC1. The Kier molecular flexibility index (Phi) is 6.91. The maximum Gasteiger partial charge on any atom is 0.313 e. The van der Waals surface area contributed by atoms with Crippen molar-refractivity contribution in [3.8, 4) is 0 Å². The van der Waals surface area contributed by atoms with Gasteiger partial charge in [0.25, 0.3) is 0 Å². The summed E-state index contributed by atoms with van der Waals surface area (Å²) in [5.74, 6) is -1.33. The number of hydrogen-bond donors (Lipinski definition) is 1. The lowest BCUT2D eigenvalue weighted by atomic mass is 9.73. The zero-order valence-corrected chi connectivity index (χ0v) is 14.4. The molecule has 1 N–H and O–H groups in total. The molecule has 24 heavy (non-hydrogen) atoms. The van der Waals surface area contributed by atoms with Crippen LogP contribution in [0.15, 0.2) is 29.4 Å². The van der Waals surface area contributed by atoms with E-state index in [1.54, 1.807) is 12.1 Å². The van der Waals surface area contributed by atoms with Crippen LogP contribution in [0, 0.1) is 5.92 Å². The quantitative estimate of drug-likeness (QED) is 0.435. The van der Waals surface area contributed by atoms with Crippen molar-refractivity contribution in [3.63, 3.8) is 0 Å². The van der Waals surface area contributed by atoms with E-state index in [0.29, 0.717) is 11.6 Å². The van der Waals surface area contributed by atoms with E-state index >= 15 is 0 Å². The van der Waals surface area contributed by atoms with Crippen molar-refractivity contribution in [2.45, 2.75) is 50.7 Å². The average Bonchev–Trinajstić information content (AvgIpc) is 2.57. The smallest absolute Gasteiger partial charge is 0.313 e. The Morgan fingerprint density at radius 2 is 2.00 bits per heavy atom. The van der Waals surface area contributed by atoms with Crippen LogP contribution in [-0.4, -0.2) is 29.8 Å². The van der Waals surface area contributed by atoms with Crippen LogP contribution in [0.25, 0.3) is 10.4 Å². The van der Waals surface area contributed by atoms with Crippen LogP contribution < -0.4 is 0 Å². The fraction of sp³-hybridized carbons (Fsp3) is 0.588. The Balaban J connectivity index is 2.27. The number of hydrogen-bond acceptors (Lipinski definition) is 3. The fourth-order valence-electron chi connectivity index (χ4n) is 3.58. The van der Waals surface area contributed by atoms with Gasteiger partial charge in [-0.2, -0.15) is 0 Å². The van der Waals surface area contributed by atoms with E-state index in [2.05, 4.69) is 10.0 Å². The first-order valence-corrected chi connectivity index (χ1v) is 8.58. The van der Waals surface area contributed by atoms with E-state index < -0.39 is 12.0 Å². The van der Waals surface area contributed by atoms with Gasteiger partial charge in [-0.25, -0.2) is 0 Å². The minimum absolute atomic E-state index is 0.134. The van der Waals surface area contributed by atoms with E-state index in [0.717, 1.165) is 31.2 Å². The molecule has 2 atom stereocenters. The molecule has 1 saturated carbocycles. The summed E-state index contributed by atoms with van der Waals surface area (Å²) in [6, 6.07) is 6.01. The summed E-state index contributed by atoms with van der Waals surface area (Å²) in [6.45, 7) is 2.66. The highest BCUT2D eigenvalue weighted by Gasteiger charge is 2.37. The molecule has 1 aliphatic carbocycles. The third kappa shape index (κ3) is 4.63. The monoisotopic (exact) mass is 351 g/mol. The summed E-state index contributed by atoms with van der Waals surface area (Å²) < 4.78 is 5.67. The highest BCUT2D eigenvalue weighted by atomic mass is 35.5. The summed E-state index contributed by atoms with van der Waals surface area (Å²) in [4.78, 5) is 14.4. The molecule has 1 unspecified atom stereocenters. The Labute approximate surface area is 146 Å². The van der Waals surface area contributed by atoms with Gasteiger partial charge in [0, 0.05) is 22.5 Å². The molecule has 6 nitrogen and oxygen atoms in total. The van der Waals surface area contributed by atoms with E-state index in [4.69, 9.17) is 21.9 Å². The number of carboxylic acid groups (broad SMARTS) is 1. The van der Waals surface area contributed by atoms with Crippen LogP contribution in [0.3, 0.4) is 0 Å². The number of rotatable bonds is 7. The molecule has 0 bridgehead atoms. The van der Waals surface area contributed by atoms with E-state index in [1.165, 1.54) is 0 Å². The molecule has 0 radical (unpaired) electrons. The molecule has 130 valence electrons. The van der Waals surface area contributed by atoms with Crippen molar-refractivity contribution in [1.29, 1.82) is 0 Å². The van der Waals surface area contributed by atoms with Crippen molar-refractivity contribution < 1.29 is 14.6 Å². The summed E-state index contributed by atoms with van der Waals surface area (Å²) in [5, 5.41) is 13.7. The Morgan fingerprint density at radius 1 is 1.38 bits per heavy atom. The van der Waals surface area contributed by atoms with Gasteiger partial charge in [-0.05, 0) is 61.8 Å². The maximum absolute atomic E-state index is 11.7. The molecule has 1 aliphatic rings. The average molecular weight is 352 g/mol. The van der Waals surface area contributed by atoms with Gasteiger partial charge < -0.3 is 9.84 Å². The van der Waals surface area contributed by atoms with Gasteiger partial charge in [0.1, 0.15) is 6.04 Å². The lowest BCUT2D eigenvalue weighted by molar-refractivity contribution is -0.139. The second-order valence-electron chi connectivity index (χ2n) is 6.06. The minimum atomic E-state index is -1.12. The second-order valence-corrected chi connectivity index (χ2v) is 6.49. The van der Waals surface area contributed by atoms with Crippen molar-refractivity contribution >= 4 is 17.6 Å². The van der Waals surface area contributed by atoms with Gasteiger partial charge in [0.05, 0.1) is 6.10 Å². The number of benzene rings is 1. The molecule has 1 fully saturated rings. The molecule has 0 amide bonds. The first-order valence-electron chi connectivity index (χ1n) is 8.20. The lowest BCUT2D eigenvalue weighted by Gasteiger charge is -2.35. The number of carbonyl (C=O) groups is 1. The van der Waals surface area contributed by atoms with Crippen molar-refractivity contribution in [2.24, 2.45) is 11.0 Å². The number of aliphatic carboxylic acids is 1. The zero-order valence-electron chi connectivity index (χ0n) is 13.6. The summed E-state index contributed by atoms with van der Waals surface area (Å²) >= 11 is 5.94. The van der Waals surface area contributed by atoms with Gasteiger partial charge in [0.15, 0.2) is 0 Å². The first-order chi connectivity index (χ1) is 11.6. The molecule has 2 rings (SSSR count). The Morgan fingerprint density at radius 3 is 2.50 bits per heavy atom. The van der Waals surface area contributed by atoms with Crippen LogP contribution in [0.1, 0.15) is 44.1 Å². The topological polar surface area (TPSA) is 95.3 Å². The normalized spacial score (nSPS) is 23.1. The van der Waals surface area contributed by atoms with Crippen molar-refractivity contribution in [2.75, 3.05) is 6.61 Å². The molecule has 0 spiro atoms. The largest absolute Gasteiger partial charge is 0.481 e. The lowest BCUT2D eigenvalue weighted by Crippen LogP contribution is -2.34. The number of carboxylic acids is 1. The summed E-state index contributed by atoms with van der Waals surface area (Å²) in [5.41, 5.74) is 9.64. The molecule has 1 aromatic rings. The summed E-state index contributed by atoms with van der Waals surface area (Å²) in [6.07, 6.45) is 3.72. The van der Waals surface area contributed by atoms with E-state index in [1.807, 2.05) is 19.1 Å². The molecule has 0 aromatic heterocycles. The maximum atomic E-state index is 11.7. The highest BCUT2D eigenvalue weighted by Crippen LogP contribution is 2.40. The zero-order chi connectivity index (χ0) is 17.5. The molecule has 7 heteroatoms. The van der Waals surface area contributed by atoms with Gasteiger partial charge >= 0.3 is 5.97 Å². The van der Waals surface area contributed by atoms with Crippen LogP contribution in [0.4, 0.5) is 0 Å². The van der Waals surface area contributed by atoms with Crippen molar-refractivity contribution in [1.82, 2.24) is 0 Å². The molecule has 1 aromatic carbocycles. The Hall–Kier alpha value is -1.75. The number of ether oxygens (including phenoxy) is 1. The third-order valence-corrected chi connectivity index (χ3v) is 4.91. The van der Waals surface area contributed by atoms with E-state index in [-0.39, 0.29) is 17.9 Å². The second kappa shape index (κ2) is 8.92. The van der Waals surface area contributed by atoms with Crippen LogP contribution >= 0.6 is 11.6 Å². The van der Waals surface area contributed by atoms with E-state index in [9.17, 15) is 9.90 Å². The number of azide groups is 1. The fourth-order valence-corrected chi connectivity index (χ4v) is 3.70. The predicted octanol–water partition coefficient (Wildman–Crippen LogP) is 4.78. The van der Waals surface area contributed by atoms with Gasteiger partial charge in [-0.15, -0.1) is 0 Å². The van der Waals surface area contributed by atoms with Gasteiger partial charge in [0.2, 0.25) is 0 Å². The molecule has 0 saturated heterocycles. The minimum Gasteiger partial charge on any atom is -0.481 e. The number of nitrogens with zero attached hydrogens (tertiary/aromatic N) is 3.